The van der Waals surface area contributed by atoms with Crippen LogP contribution in [0, 0.1) is 0 Å². The Hall–Kier alpha value is -2.57. The van der Waals surface area contributed by atoms with E-state index in [-0.39, 0.29) is 12.5 Å². The number of amides is 1. The van der Waals surface area contributed by atoms with Crippen LogP contribution in [0.1, 0.15) is 29.8 Å². The van der Waals surface area contributed by atoms with Crippen molar-refractivity contribution in [2.75, 3.05) is 26.2 Å². The van der Waals surface area contributed by atoms with Crippen LogP contribution in [0.5, 0.6) is 0 Å². The van der Waals surface area contributed by atoms with E-state index in [1.54, 1.807) is 31.2 Å². The summed E-state index contributed by atoms with van der Waals surface area (Å²) < 4.78 is 0. The summed E-state index contributed by atoms with van der Waals surface area (Å²) in [7, 11) is 0. The van der Waals surface area contributed by atoms with Crippen LogP contribution < -0.4 is 16.0 Å². The molecule has 0 saturated heterocycles. The van der Waals surface area contributed by atoms with Gasteiger partial charge in [0.25, 0.3) is 5.91 Å². The molecule has 28 heavy (non-hydrogen) atoms. The summed E-state index contributed by atoms with van der Waals surface area (Å²) in [6, 6.07) is 16.2. The minimum atomic E-state index is -1.06. The SMILES string of the molecule is CCNC(=NCC(C)(O)c1ccccc1)NCCNC(=O)c1ccc(Cl)cc1. The number of benzene rings is 2. The van der Waals surface area contributed by atoms with Crippen LogP contribution >= 0.6 is 11.6 Å². The molecule has 0 spiro atoms. The van der Waals surface area contributed by atoms with Gasteiger partial charge in [-0.2, -0.15) is 0 Å². The standard InChI is InChI=1S/C21H27ClN4O2/c1-3-23-20(26-15-21(2,28)17-7-5-4-6-8-17)25-14-13-24-19(27)16-9-11-18(22)12-10-16/h4-12,28H,3,13-15H2,1-2H3,(H,24,27)(H2,23,25,26). The maximum Gasteiger partial charge on any atom is 0.251 e. The van der Waals surface area contributed by atoms with Crippen LogP contribution in [0.15, 0.2) is 59.6 Å². The largest absolute Gasteiger partial charge is 0.384 e. The van der Waals surface area contributed by atoms with E-state index in [1.165, 1.54) is 0 Å². The van der Waals surface area contributed by atoms with E-state index in [0.717, 1.165) is 5.56 Å². The Bertz CT molecular complexity index is 777. The average molecular weight is 403 g/mol. The Kier molecular flexibility index (Phi) is 8.29. The summed E-state index contributed by atoms with van der Waals surface area (Å²) in [6.45, 7) is 5.54. The van der Waals surface area contributed by atoms with Gasteiger partial charge in [-0.1, -0.05) is 41.9 Å². The van der Waals surface area contributed by atoms with Crippen LogP contribution in [-0.4, -0.2) is 43.2 Å². The number of nitrogens with zero attached hydrogens (tertiary/aromatic N) is 1. The molecule has 2 rings (SSSR count). The quantitative estimate of drug-likeness (QED) is 0.310. The number of guanidine groups is 1. The van der Waals surface area contributed by atoms with E-state index in [1.807, 2.05) is 37.3 Å². The average Bonchev–Trinajstić information content (AvgIpc) is 2.70. The molecule has 0 fully saturated rings. The maximum absolute atomic E-state index is 12.1. The lowest BCUT2D eigenvalue weighted by atomic mass is 9.96. The first-order valence-electron chi connectivity index (χ1n) is 9.26. The normalized spacial score (nSPS) is 13.5. The number of aliphatic imine (C=N–C) groups is 1. The molecule has 0 aliphatic rings. The van der Waals surface area contributed by atoms with Crippen molar-refractivity contribution in [1.82, 2.24) is 16.0 Å². The predicted molar refractivity (Wildman–Crippen MR) is 114 cm³/mol. The number of halogens is 1. The maximum atomic E-state index is 12.1. The highest BCUT2D eigenvalue weighted by Gasteiger charge is 2.22. The number of hydrogen-bond acceptors (Lipinski definition) is 3. The third kappa shape index (κ3) is 6.87. The molecule has 4 N–H and O–H groups in total. The molecule has 0 radical (unpaired) electrons. The fraction of sp³-hybridized carbons (Fsp3) is 0.333. The fourth-order valence-corrected chi connectivity index (χ4v) is 2.65. The van der Waals surface area contributed by atoms with Gasteiger partial charge in [-0.15, -0.1) is 0 Å². The van der Waals surface area contributed by atoms with Crippen molar-refractivity contribution in [3.05, 3.63) is 70.7 Å². The Morgan fingerprint density at radius 3 is 2.32 bits per heavy atom. The van der Waals surface area contributed by atoms with Crippen LogP contribution in [0.25, 0.3) is 0 Å². The van der Waals surface area contributed by atoms with Gasteiger partial charge in [0.05, 0.1) is 6.54 Å². The summed E-state index contributed by atoms with van der Waals surface area (Å²) in [6.07, 6.45) is 0. The molecule has 0 aliphatic carbocycles. The minimum Gasteiger partial charge on any atom is -0.384 e. The number of rotatable bonds is 8. The topological polar surface area (TPSA) is 85.8 Å². The van der Waals surface area contributed by atoms with Gasteiger partial charge >= 0.3 is 0 Å². The molecule has 0 aliphatic heterocycles. The van der Waals surface area contributed by atoms with Gasteiger partial charge in [0.2, 0.25) is 0 Å². The van der Waals surface area contributed by atoms with E-state index < -0.39 is 5.60 Å². The van der Waals surface area contributed by atoms with Crippen molar-refractivity contribution in [1.29, 1.82) is 0 Å². The molecule has 7 heteroatoms. The van der Waals surface area contributed by atoms with Crippen LogP contribution in [0.2, 0.25) is 5.02 Å². The first-order valence-corrected chi connectivity index (χ1v) is 9.64. The second-order valence-corrected chi connectivity index (χ2v) is 6.96. The van der Waals surface area contributed by atoms with E-state index in [9.17, 15) is 9.90 Å². The van der Waals surface area contributed by atoms with E-state index in [4.69, 9.17) is 11.6 Å². The predicted octanol–water partition coefficient (Wildman–Crippen LogP) is 2.53. The zero-order chi connectivity index (χ0) is 20.4. The fourth-order valence-electron chi connectivity index (χ4n) is 2.52. The van der Waals surface area contributed by atoms with Crippen molar-refractivity contribution in [2.24, 2.45) is 4.99 Å². The van der Waals surface area contributed by atoms with Gasteiger partial charge in [0.15, 0.2) is 5.96 Å². The molecular formula is C21H27ClN4O2. The van der Waals surface area contributed by atoms with Crippen molar-refractivity contribution >= 4 is 23.5 Å². The number of nitrogens with one attached hydrogen (secondary N) is 3. The summed E-state index contributed by atoms with van der Waals surface area (Å²) in [5, 5.41) is 20.4. The smallest absolute Gasteiger partial charge is 0.251 e. The van der Waals surface area contributed by atoms with E-state index >= 15 is 0 Å². The van der Waals surface area contributed by atoms with Gasteiger partial charge < -0.3 is 21.1 Å². The Morgan fingerprint density at radius 2 is 1.68 bits per heavy atom. The molecular weight excluding hydrogens is 376 g/mol. The van der Waals surface area contributed by atoms with Crippen LogP contribution in [-0.2, 0) is 5.60 Å². The van der Waals surface area contributed by atoms with E-state index in [0.29, 0.717) is 36.2 Å². The van der Waals surface area contributed by atoms with E-state index in [2.05, 4.69) is 20.9 Å². The number of carbonyl (C=O) groups excluding carboxylic acids is 1. The van der Waals surface area contributed by atoms with Crippen molar-refractivity contribution in [3.63, 3.8) is 0 Å². The minimum absolute atomic E-state index is 0.160. The van der Waals surface area contributed by atoms with Crippen LogP contribution in [0.4, 0.5) is 0 Å². The summed E-state index contributed by atoms with van der Waals surface area (Å²) in [5.74, 6) is 0.423. The van der Waals surface area contributed by atoms with Gasteiger partial charge in [0, 0.05) is 30.2 Å². The Morgan fingerprint density at radius 1 is 1.04 bits per heavy atom. The summed E-state index contributed by atoms with van der Waals surface area (Å²) >= 11 is 5.83. The second kappa shape index (κ2) is 10.7. The molecule has 0 aromatic heterocycles. The molecule has 0 bridgehead atoms. The first kappa shape index (κ1) is 21.7. The van der Waals surface area contributed by atoms with Gasteiger partial charge in [-0.05, 0) is 43.7 Å². The highest BCUT2D eigenvalue weighted by molar-refractivity contribution is 6.30. The van der Waals surface area contributed by atoms with Crippen molar-refractivity contribution in [2.45, 2.75) is 19.4 Å². The zero-order valence-electron chi connectivity index (χ0n) is 16.2. The Balaban J connectivity index is 1.84. The highest BCUT2D eigenvalue weighted by Crippen LogP contribution is 2.20. The van der Waals surface area contributed by atoms with Gasteiger partial charge in [-0.25, -0.2) is 4.99 Å². The van der Waals surface area contributed by atoms with Crippen molar-refractivity contribution < 1.29 is 9.90 Å². The Labute approximate surface area is 171 Å². The zero-order valence-corrected chi connectivity index (χ0v) is 17.0. The molecule has 0 saturated carbocycles. The highest BCUT2D eigenvalue weighted by atomic mass is 35.5. The lowest BCUT2D eigenvalue weighted by Gasteiger charge is -2.22. The molecule has 1 amide bonds. The summed E-state index contributed by atoms with van der Waals surface area (Å²) in [4.78, 5) is 16.5. The lowest BCUT2D eigenvalue weighted by molar-refractivity contribution is 0.0672. The molecule has 150 valence electrons. The molecule has 1 atom stereocenters. The molecule has 0 heterocycles. The molecule has 2 aromatic rings. The number of aliphatic hydroxyl groups is 1. The summed E-state index contributed by atoms with van der Waals surface area (Å²) in [5.41, 5.74) is 0.306. The van der Waals surface area contributed by atoms with Gasteiger partial charge in [-0.3, -0.25) is 4.79 Å². The van der Waals surface area contributed by atoms with Crippen LogP contribution in [0.3, 0.4) is 0 Å². The second-order valence-electron chi connectivity index (χ2n) is 6.52. The molecule has 2 aromatic carbocycles. The molecule has 6 nitrogen and oxygen atoms in total. The number of carbonyl (C=O) groups is 1. The third-order valence-electron chi connectivity index (χ3n) is 4.09. The lowest BCUT2D eigenvalue weighted by Crippen LogP contribution is -2.42. The van der Waals surface area contributed by atoms with Crippen molar-refractivity contribution in [3.8, 4) is 0 Å². The molecule has 1 unspecified atom stereocenters. The monoisotopic (exact) mass is 402 g/mol. The third-order valence-corrected chi connectivity index (χ3v) is 4.35. The van der Waals surface area contributed by atoms with Gasteiger partial charge in [0.1, 0.15) is 5.60 Å². The first-order chi connectivity index (χ1) is 13.4. The number of hydrogen-bond donors (Lipinski definition) is 4.